The van der Waals surface area contributed by atoms with E-state index in [0.29, 0.717) is 5.02 Å². The van der Waals surface area contributed by atoms with Crippen LogP contribution >= 0.6 is 11.6 Å². The summed E-state index contributed by atoms with van der Waals surface area (Å²) in [6, 6.07) is 5.76. The number of anilines is 1. The van der Waals surface area contributed by atoms with Crippen LogP contribution in [-0.2, 0) is 0 Å². The van der Waals surface area contributed by atoms with Gasteiger partial charge in [0.2, 0.25) is 0 Å². The zero-order valence-corrected chi connectivity index (χ0v) is 11.7. The average molecular weight is 256 g/mol. The Bertz CT molecular complexity index is 352. The molecule has 0 aliphatic rings. The van der Waals surface area contributed by atoms with E-state index < -0.39 is 6.10 Å². The van der Waals surface area contributed by atoms with Gasteiger partial charge in [0, 0.05) is 13.6 Å². The maximum absolute atomic E-state index is 9.48. The van der Waals surface area contributed by atoms with Crippen molar-refractivity contribution in [2.75, 3.05) is 18.5 Å². The predicted octanol–water partition coefficient (Wildman–Crippen LogP) is 4.02. The number of halogens is 1. The second-order valence-electron chi connectivity index (χ2n) is 4.52. The van der Waals surface area contributed by atoms with Gasteiger partial charge in [-0.3, -0.25) is 0 Å². The van der Waals surface area contributed by atoms with E-state index in [9.17, 15) is 5.11 Å². The highest BCUT2D eigenvalue weighted by atomic mass is 35.5. The lowest BCUT2D eigenvalue weighted by molar-refractivity contribution is 0.199. The molecule has 0 spiro atoms. The Balaban J connectivity index is 2.70. The molecule has 0 heterocycles. The van der Waals surface area contributed by atoms with Crippen molar-refractivity contribution in [3.63, 3.8) is 0 Å². The van der Waals surface area contributed by atoms with Gasteiger partial charge in [0.05, 0.1) is 16.8 Å². The van der Waals surface area contributed by atoms with E-state index in [4.69, 9.17) is 11.6 Å². The van der Waals surface area contributed by atoms with Crippen LogP contribution in [0.4, 0.5) is 5.69 Å². The van der Waals surface area contributed by atoms with Crippen LogP contribution in [0, 0.1) is 0 Å². The van der Waals surface area contributed by atoms with Crippen LogP contribution in [0.25, 0.3) is 0 Å². The fraction of sp³-hybridized carbons (Fsp3) is 0.571. The summed E-state index contributed by atoms with van der Waals surface area (Å²) in [5, 5.41) is 10.2. The van der Waals surface area contributed by atoms with Crippen LogP contribution in [0.15, 0.2) is 18.2 Å². The smallest absolute Gasteiger partial charge is 0.0762 e. The van der Waals surface area contributed by atoms with Gasteiger partial charge >= 0.3 is 0 Å². The minimum atomic E-state index is -0.466. The van der Waals surface area contributed by atoms with Crippen molar-refractivity contribution >= 4 is 17.3 Å². The molecule has 96 valence electrons. The fourth-order valence-electron chi connectivity index (χ4n) is 1.81. The highest BCUT2D eigenvalue weighted by molar-refractivity contribution is 6.33. The van der Waals surface area contributed by atoms with Crippen molar-refractivity contribution in [3.8, 4) is 0 Å². The summed E-state index contributed by atoms with van der Waals surface area (Å²) in [4.78, 5) is 2.17. The number of hydrogen-bond acceptors (Lipinski definition) is 2. The average Bonchev–Trinajstić information content (AvgIpc) is 2.28. The van der Waals surface area contributed by atoms with Crippen molar-refractivity contribution in [3.05, 3.63) is 28.8 Å². The molecule has 17 heavy (non-hydrogen) atoms. The lowest BCUT2D eigenvalue weighted by atomic mass is 10.1. The minimum absolute atomic E-state index is 0.466. The molecule has 0 unspecified atom stereocenters. The molecule has 0 radical (unpaired) electrons. The zero-order chi connectivity index (χ0) is 12.8. The van der Waals surface area contributed by atoms with Crippen LogP contribution in [0.3, 0.4) is 0 Å². The zero-order valence-electron chi connectivity index (χ0n) is 10.9. The number of rotatable bonds is 6. The first-order valence-corrected chi connectivity index (χ1v) is 6.62. The molecule has 0 aliphatic carbocycles. The number of aliphatic hydroxyl groups excluding tert-OH is 1. The topological polar surface area (TPSA) is 23.5 Å². The van der Waals surface area contributed by atoms with Crippen molar-refractivity contribution in [1.29, 1.82) is 0 Å². The molecule has 0 saturated carbocycles. The van der Waals surface area contributed by atoms with Crippen LogP contribution in [0.1, 0.15) is 44.8 Å². The van der Waals surface area contributed by atoms with E-state index in [1.807, 2.05) is 18.2 Å². The van der Waals surface area contributed by atoms with E-state index in [-0.39, 0.29) is 0 Å². The van der Waals surface area contributed by atoms with Crippen LogP contribution in [0.5, 0.6) is 0 Å². The molecule has 1 aromatic rings. The van der Waals surface area contributed by atoms with Gasteiger partial charge in [-0.1, -0.05) is 37.4 Å². The maximum Gasteiger partial charge on any atom is 0.0762 e. The Morgan fingerprint density at radius 1 is 1.35 bits per heavy atom. The number of hydrogen-bond donors (Lipinski definition) is 1. The second kappa shape index (κ2) is 6.87. The van der Waals surface area contributed by atoms with Gasteiger partial charge in [-0.05, 0) is 31.0 Å². The first kappa shape index (κ1) is 14.3. The Labute approximate surface area is 109 Å². The Morgan fingerprint density at radius 2 is 2.06 bits per heavy atom. The summed E-state index contributed by atoms with van der Waals surface area (Å²) in [5.74, 6) is 0. The molecule has 1 rings (SSSR count). The lowest BCUT2D eigenvalue weighted by Crippen LogP contribution is -2.18. The molecule has 0 saturated heterocycles. The van der Waals surface area contributed by atoms with E-state index in [1.54, 1.807) is 6.92 Å². The molecule has 2 nitrogen and oxygen atoms in total. The van der Waals surface area contributed by atoms with E-state index in [1.165, 1.54) is 19.3 Å². The quantitative estimate of drug-likeness (QED) is 0.776. The number of nitrogens with zero attached hydrogens (tertiary/aromatic N) is 1. The Morgan fingerprint density at radius 3 is 2.59 bits per heavy atom. The fourth-order valence-corrected chi connectivity index (χ4v) is 2.15. The third-order valence-corrected chi connectivity index (χ3v) is 3.27. The van der Waals surface area contributed by atoms with Gasteiger partial charge in [0.15, 0.2) is 0 Å². The summed E-state index contributed by atoms with van der Waals surface area (Å²) in [6.45, 7) is 4.96. The molecule has 3 heteroatoms. The SMILES string of the molecule is CCCCCN(C)c1ccc([C@@H](C)O)cc1Cl. The van der Waals surface area contributed by atoms with Gasteiger partial charge < -0.3 is 10.0 Å². The third kappa shape index (κ3) is 4.21. The summed E-state index contributed by atoms with van der Waals surface area (Å²) < 4.78 is 0. The molecule has 0 fully saturated rings. The van der Waals surface area contributed by atoms with Gasteiger partial charge in [0.25, 0.3) is 0 Å². The monoisotopic (exact) mass is 255 g/mol. The molecule has 1 N–H and O–H groups in total. The van der Waals surface area contributed by atoms with E-state index in [0.717, 1.165) is 17.8 Å². The lowest BCUT2D eigenvalue weighted by Gasteiger charge is -2.21. The maximum atomic E-state index is 9.48. The van der Waals surface area contributed by atoms with Crippen molar-refractivity contribution in [2.24, 2.45) is 0 Å². The first-order chi connectivity index (χ1) is 8.06. The standard InChI is InChI=1S/C14H22ClNO/c1-4-5-6-9-16(3)14-8-7-12(11(2)17)10-13(14)15/h7-8,10-11,17H,4-6,9H2,1-3H3/t11-/m1/s1. The first-order valence-electron chi connectivity index (χ1n) is 6.25. The van der Waals surface area contributed by atoms with Crippen LogP contribution < -0.4 is 4.90 Å². The number of benzene rings is 1. The molecule has 0 bridgehead atoms. The van der Waals surface area contributed by atoms with Gasteiger partial charge in [0.1, 0.15) is 0 Å². The molecule has 1 aromatic carbocycles. The minimum Gasteiger partial charge on any atom is -0.389 e. The predicted molar refractivity (Wildman–Crippen MR) is 74.9 cm³/mol. The molecular formula is C14H22ClNO. The van der Waals surface area contributed by atoms with E-state index in [2.05, 4.69) is 18.9 Å². The largest absolute Gasteiger partial charge is 0.389 e. The molecule has 1 atom stereocenters. The Hall–Kier alpha value is -0.730. The summed E-state index contributed by atoms with van der Waals surface area (Å²) in [7, 11) is 2.05. The van der Waals surface area contributed by atoms with Crippen LogP contribution in [-0.4, -0.2) is 18.7 Å². The van der Waals surface area contributed by atoms with Gasteiger partial charge in [-0.2, -0.15) is 0 Å². The molecule has 0 aliphatic heterocycles. The molecule has 0 amide bonds. The summed E-state index contributed by atoms with van der Waals surface area (Å²) in [5.41, 5.74) is 1.90. The van der Waals surface area contributed by atoms with Gasteiger partial charge in [-0.25, -0.2) is 0 Å². The van der Waals surface area contributed by atoms with Crippen molar-refractivity contribution in [2.45, 2.75) is 39.2 Å². The van der Waals surface area contributed by atoms with Crippen molar-refractivity contribution < 1.29 is 5.11 Å². The third-order valence-electron chi connectivity index (χ3n) is 2.96. The molecular weight excluding hydrogens is 234 g/mol. The Kier molecular flexibility index (Phi) is 5.79. The van der Waals surface area contributed by atoms with Gasteiger partial charge in [-0.15, -0.1) is 0 Å². The highest BCUT2D eigenvalue weighted by Crippen LogP contribution is 2.28. The summed E-state index contributed by atoms with van der Waals surface area (Å²) in [6.07, 6.45) is 3.18. The van der Waals surface area contributed by atoms with Crippen molar-refractivity contribution in [1.82, 2.24) is 0 Å². The number of unbranched alkanes of at least 4 members (excludes halogenated alkanes) is 2. The highest BCUT2D eigenvalue weighted by Gasteiger charge is 2.08. The second-order valence-corrected chi connectivity index (χ2v) is 4.92. The normalized spacial score (nSPS) is 12.5. The van der Waals surface area contributed by atoms with E-state index >= 15 is 0 Å². The number of aliphatic hydroxyl groups is 1. The van der Waals surface area contributed by atoms with Crippen LogP contribution in [0.2, 0.25) is 5.02 Å². The summed E-state index contributed by atoms with van der Waals surface area (Å²) >= 11 is 6.23. The molecule has 0 aromatic heterocycles.